The van der Waals surface area contributed by atoms with E-state index in [-0.39, 0.29) is 11.8 Å². The third-order valence-corrected chi connectivity index (χ3v) is 6.48. The Morgan fingerprint density at radius 1 is 0.610 bits per heavy atom. The molecule has 0 spiro atoms. The van der Waals surface area contributed by atoms with Crippen molar-refractivity contribution in [1.29, 1.82) is 0 Å². The first kappa shape index (κ1) is 27.0. The largest absolute Gasteiger partial charge is 0.497 e. The number of ether oxygens (including phenoxy) is 2. The molecule has 204 valence electrons. The molecule has 2 amide bonds. The number of hydrogen-bond donors (Lipinski definition) is 2. The summed E-state index contributed by atoms with van der Waals surface area (Å²) in [7, 11) is 3.09. The maximum Gasteiger partial charge on any atom is 0.257 e. The second-order valence-corrected chi connectivity index (χ2v) is 9.08. The van der Waals surface area contributed by atoms with Gasteiger partial charge in [0, 0.05) is 28.7 Å². The van der Waals surface area contributed by atoms with E-state index in [2.05, 4.69) is 15.5 Å². The van der Waals surface area contributed by atoms with E-state index in [1.54, 1.807) is 55.6 Å². The Kier molecular flexibility index (Phi) is 8.26. The van der Waals surface area contributed by atoms with Crippen molar-refractivity contribution in [2.24, 2.45) is 0 Å². The molecule has 0 unspecified atom stereocenters. The molecule has 7 heteroatoms. The second kappa shape index (κ2) is 12.5. The normalized spacial score (nSPS) is 10.4. The van der Waals surface area contributed by atoms with E-state index in [0.29, 0.717) is 34.0 Å². The SMILES string of the molecule is COc1ccc(OC)c(NC(=O)c2ccc(NC(=O)c3ccccc3N(c3ccccc3)c3ccccc3)cc2)c1. The second-order valence-electron chi connectivity index (χ2n) is 9.08. The monoisotopic (exact) mass is 543 g/mol. The number of benzene rings is 5. The van der Waals surface area contributed by atoms with Gasteiger partial charge in [0.1, 0.15) is 11.5 Å². The lowest BCUT2D eigenvalue weighted by Crippen LogP contribution is -2.18. The van der Waals surface area contributed by atoms with Gasteiger partial charge in [-0.15, -0.1) is 0 Å². The molecule has 5 aromatic rings. The lowest BCUT2D eigenvalue weighted by molar-refractivity contribution is 0.102. The molecule has 0 saturated carbocycles. The first-order valence-electron chi connectivity index (χ1n) is 13.0. The van der Waals surface area contributed by atoms with Crippen molar-refractivity contribution in [3.63, 3.8) is 0 Å². The summed E-state index contributed by atoms with van der Waals surface area (Å²) < 4.78 is 10.6. The number of hydrogen-bond acceptors (Lipinski definition) is 5. The summed E-state index contributed by atoms with van der Waals surface area (Å²) in [5.41, 5.74) is 4.59. The topological polar surface area (TPSA) is 79.9 Å². The van der Waals surface area contributed by atoms with Crippen LogP contribution in [-0.2, 0) is 0 Å². The molecule has 0 fully saturated rings. The molecule has 41 heavy (non-hydrogen) atoms. The maximum absolute atomic E-state index is 13.6. The van der Waals surface area contributed by atoms with Gasteiger partial charge in [0.25, 0.3) is 11.8 Å². The first-order chi connectivity index (χ1) is 20.1. The number of amides is 2. The predicted molar refractivity (Wildman–Crippen MR) is 163 cm³/mol. The van der Waals surface area contributed by atoms with Crippen molar-refractivity contribution in [2.75, 3.05) is 29.8 Å². The number of carbonyl (C=O) groups is 2. The number of anilines is 5. The number of rotatable bonds is 9. The summed E-state index contributed by atoms with van der Waals surface area (Å²) in [5, 5.41) is 5.82. The maximum atomic E-state index is 13.6. The van der Waals surface area contributed by atoms with Gasteiger partial charge in [-0.1, -0.05) is 48.5 Å². The molecule has 0 saturated heterocycles. The Morgan fingerprint density at radius 3 is 1.83 bits per heavy atom. The van der Waals surface area contributed by atoms with Crippen LogP contribution in [0.5, 0.6) is 11.5 Å². The molecular weight excluding hydrogens is 514 g/mol. The van der Waals surface area contributed by atoms with Crippen molar-refractivity contribution in [3.05, 3.63) is 139 Å². The predicted octanol–water partition coefficient (Wildman–Crippen LogP) is 7.68. The van der Waals surface area contributed by atoms with Crippen molar-refractivity contribution in [3.8, 4) is 11.5 Å². The van der Waals surface area contributed by atoms with Crippen molar-refractivity contribution >= 4 is 40.3 Å². The smallest absolute Gasteiger partial charge is 0.257 e. The number of para-hydroxylation sites is 3. The van der Waals surface area contributed by atoms with E-state index in [1.165, 1.54) is 7.11 Å². The molecule has 0 heterocycles. The molecule has 0 bridgehead atoms. The van der Waals surface area contributed by atoms with Crippen LogP contribution >= 0.6 is 0 Å². The zero-order valence-electron chi connectivity index (χ0n) is 22.7. The Labute approximate surface area is 239 Å². The molecule has 7 nitrogen and oxygen atoms in total. The lowest BCUT2D eigenvalue weighted by atomic mass is 10.1. The summed E-state index contributed by atoms with van der Waals surface area (Å²) in [6, 6.07) is 39.2. The van der Waals surface area contributed by atoms with Gasteiger partial charge < -0.3 is 25.0 Å². The van der Waals surface area contributed by atoms with Crippen molar-refractivity contribution in [2.45, 2.75) is 0 Å². The van der Waals surface area contributed by atoms with Crippen LogP contribution in [0.2, 0.25) is 0 Å². The highest BCUT2D eigenvalue weighted by atomic mass is 16.5. The Hall–Kier alpha value is -5.56. The fourth-order valence-electron chi connectivity index (χ4n) is 4.45. The van der Waals surface area contributed by atoms with E-state index in [0.717, 1.165) is 17.1 Å². The average Bonchev–Trinajstić information content (AvgIpc) is 3.02. The van der Waals surface area contributed by atoms with Gasteiger partial charge in [0.15, 0.2) is 0 Å². The van der Waals surface area contributed by atoms with Gasteiger partial charge in [0.05, 0.1) is 31.2 Å². The van der Waals surface area contributed by atoms with Crippen LogP contribution in [-0.4, -0.2) is 26.0 Å². The minimum absolute atomic E-state index is 0.268. The quantitative estimate of drug-likeness (QED) is 0.199. The van der Waals surface area contributed by atoms with Crippen LogP contribution in [0.3, 0.4) is 0 Å². The van der Waals surface area contributed by atoms with E-state index in [4.69, 9.17) is 9.47 Å². The van der Waals surface area contributed by atoms with Gasteiger partial charge >= 0.3 is 0 Å². The molecule has 0 aliphatic rings. The number of nitrogens with one attached hydrogen (secondary N) is 2. The molecule has 2 N–H and O–H groups in total. The van der Waals surface area contributed by atoms with Gasteiger partial charge in [-0.25, -0.2) is 0 Å². The Balaban J connectivity index is 1.36. The van der Waals surface area contributed by atoms with Gasteiger partial charge in [-0.05, 0) is 72.8 Å². The molecule has 0 aliphatic heterocycles. The first-order valence-corrected chi connectivity index (χ1v) is 13.0. The van der Waals surface area contributed by atoms with Crippen LogP contribution in [0.1, 0.15) is 20.7 Å². The summed E-state index contributed by atoms with van der Waals surface area (Å²) in [5.74, 6) is 0.524. The molecule has 0 aliphatic carbocycles. The standard InChI is InChI=1S/C34H29N3O4/c1-40-28-21-22-32(41-2)30(23-28)36-33(38)24-17-19-25(20-18-24)35-34(39)29-15-9-10-16-31(29)37(26-11-5-3-6-12-26)27-13-7-4-8-14-27/h3-23H,1-2H3,(H,35,39)(H,36,38). The number of methoxy groups -OCH3 is 2. The van der Waals surface area contributed by atoms with Crippen LogP contribution in [0.15, 0.2) is 127 Å². The Bertz CT molecular complexity index is 1600. The molecule has 5 aromatic carbocycles. The molecule has 0 radical (unpaired) electrons. The van der Waals surface area contributed by atoms with Gasteiger partial charge in [-0.3, -0.25) is 9.59 Å². The van der Waals surface area contributed by atoms with E-state index in [1.807, 2.05) is 78.9 Å². The van der Waals surface area contributed by atoms with Crippen molar-refractivity contribution < 1.29 is 19.1 Å². The van der Waals surface area contributed by atoms with E-state index in [9.17, 15) is 9.59 Å². The lowest BCUT2D eigenvalue weighted by Gasteiger charge is -2.27. The van der Waals surface area contributed by atoms with Crippen LogP contribution in [0.4, 0.5) is 28.4 Å². The fraction of sp³-hybridized carbons (Fsp3) is 0.0588. The number of nitrogens with zero attached hydrogens (tertiary/aromatic N) is 1. The van der Waals surface area contributed by atoms with Crippen LogP contribution in [0, 0.1) is 0 Å². The molecule has 0 atom stereocenters. The minimum Gasteiger partial charge on any atom is -0.497 e. The highest BCUT2D eigenvalue weighted by Crippen LogP contribution is 2.36. The summed E-state index contributed by atoms with van der Waals surface area (Å²) in [4.78, 5) is 28.5. The molecular formula is C34H29N3O4. The summed E-state index contributed by atoms with van der Waals surface area (Å²) >= 11 is 0. The van der Waals surface area contributed by atoms with E-state index < -0.39 is 0 Å². The van der Waals surface area contributed by atoms with Crippen LogP contribution < -0.4 is 25.0 Å². The number of carbonyl (C=O) groups excluding carboxylic acids is 2. The van der Waals surface area contributed by atoms with Gasteiger partial charge in [-0.2, -0.15) is 0 Å². The zero-order chi connectivity index (χ0) is 28.6. The van der Waals surface area contributed by atoms with E-state index >= 15 is 0 Å². The average molecular weight is 544 g/mol. The minimum atomic E-state index is -0.318. The summed E-state index contributed by atoms with van der Waals surface area (Å²) in [6.07, 6.45) is 0. The third kappa shape index (κ3) is 6.20. The molecule has 0 aromatic heterocycles. The van der Waals surface area contributed by atoms with Gasteiger partial charge in [0.2, 0.25) is 0 Å². The zero-order valence-corrected chi connectivity index (χ0v) is 22.7. The third-order valence-electron chi connectivity index (χ3n) is 6.48. The fourth-order valence-corrected chi connectivity index (χ4v) is 4.45. The Morgan fingerprint density at radius 2 is 1.22 bits per heavy atom. The van der Waals surface area contributed by atoms with Crippen molar-refractivity contribution in [1.82, 2.24) is 0 Å². The highest BCUT2D eigenvalue weighted by molar-refractivity contribution is 6.10. The van der Waals surface area contributed by atoms with Crippen LogP contribution in [0.25, 0.3) is 0 Å². The summed E-state index contributed by atoms with van der Waals surface area (Å²) in [6.45, 7) is 0. The molecule has 5 rings (SSSR count). The highest BCUT2D eigenvalue weighted by Gasteiger charge is 2.20.